The van der Waals surface area contributed by atoms with Crippen LogP contribution >= 0.6 is 43.5 Å². The Balaban J connectivity index is 0.000000333. The lowest BCUT2D eigenvalue weighted by atomic mass is 10.2. The molecule has 1 N–H and O–H groups in total. The van der Waals surface area contributed by atoms with Crippen molar-refractivity contribution in [1.82, 2.24) is 0 Å². The number of ether oxygens (including phenoxy) is 2. The summed E-state index contributed by atoms with van der Waals surface area (Å²) < 4.78 is 11.7. The number of halogens is 3. The highest BCUT2D eigenvalue weighted by Crippen LogP contribution is 2.16. The Kier molecular flexibility index (Phi) is 21.4. The maximum absolute atomic E-state index is 10.8. The monoisotopic (exact) mass is 802 g/mol. The van der Waals surface area contributed by atoms with Gasteiger partial charge in [-0.25, -0.2) is 0 Å². The van der Waals surface area contributed by atoms with E-state index < -0.39 is 0 Å². The third kappa shape index (κ3) is 22.9. The van der Waals surface area contributed by atoms with E-state index in [0.29, 0.717) is 17.2 Å². The van der Waals surface area contributed by atoms with Crippen LogP contribution in [0, 0.1) is 24.2 Å². The van der Waals surface area contributed by atoms with E-state index in [0.717, 1.165) is 25.6 Å². The van der Waals surface area contributed by atoms with Crippen LogP contribution in [-0.4, -0.2) is 22.3 Å². The van der Waals surface area contributed by atoms with Crippen LogP contribution in [0.1, 0.15) is 37.5 Å². The summed E-state index contributed by atoms with van der Waals surface area (Å²) in [5.41, 5.74) is 2.80. The summed E-state index contributed by atoms with van der Waals surface area (Å²) in [7, 11) is 0. The molecule has 0 aliphatic heterocycles. The zero-order chi connectivity index (χ0) is 36.4. The SMILES string of the molecule is C#Cc1ccccc1.CC(=O)Cl.CC(=O)Oc1ccc(Br)cc1.CC(=O)Oc1ccc(C#Cc2ccccc2)cc1.Oc1ccc(Br)cc1. The molecule has 0 spiro atoms. The molecule has 0 aromatic heterocycles. The molecule has 5 aromatic rings. The van der Waals surface area contributed by atoms with Gasteiger partial charge in [0.25, 0.3) is 0 Å². The summed E-state index contributed by atoms with van der Waals surface area (Å²) in [5.74, 6) is 9.43. The molecule has 0 saturated carbocycles. The second-order valence-electron chi connectivity index (χ2n) is 9.24. The van der Waals surface area contributed by atoms with Crippen molar-refractivity contribution in [2.75, 3.05) is 0 Å². The molecular weight excluding hydrogens is 772 g/mol. The van der Waals surface area contributed by atoms with Crippen molar-refractivity contribution in [1.29, 1.82) is 0 Å². The molecule has 0 aliphatic rings. The number of terminal acetylenes is 1. The van der Waals surface area contributed by atoms with Crippen LogP contribution in [0.5, 0.6) is 17.2 Å². The van der Waals surface area contributed by atoms with Gasteiger partial charge in [0, 0.05) is 46.4 Å². The van der Waals surface area contributed by atoms with Gasteiger partial charge in [-0.2, -0.15) is 0 Å². The van der Waals surface area contributed by atoms with E-state index in [1.54, 1.807) is 48.5 Å². The molecule has 0 aliphatic carbocycles. The van der Waals surface area contributed by atoms with Gasteiger partial charge in [0.15, 0.2) is 0 Å². The van der Waals surface area contributed by atoms with Crippen LogP contribution in [0.3, 0.4) is 0 Å². The van der Waals surface area contributed by atoms with Crippen LogP contribution < -0.4 is 9.47 Å². The summed E-state index contributed by atoms with van der Waals surface area (Å²) in [6, 6.07) is 40.4. The van der Waals surface area contributed by atoms with Crippen molar-refractivity contribution in [2.45, 2.75) is 20.8 Å². The molecule has 6 nitrogen and oxygen atoms in total. The van der Waals surface area contributed by atoms with Crippen LogP contribution in [0.2, 0.25) is 0 Å². The summed E-state index contributed by atoms with van der Waals surface area (Å²) in [4.78, 5) is 30.4. The van der Waals surface area contributed by atoms with Gasteiger partial charge in [-0.05, 0) is 109 Å². The Labute approximate surface area is 309 Å². The fraction of sp³-hybridized carbons (Fsp3) is 0.0750. The first kappa shape index (κ1) is 41.9. The van der Waals surface area contributed by atoms with E-state index in [4.69, 9.17) is 21.0 Å². The molecule has 0 radical (unpaired) electrons. The van der Waals surface area contributed by atoms with Gasteiger partial charge in [0.2, 0.25) is 5.24 Å². The zero-order valence-corrected chi connectivity index (χ0v) is 30.8. The standard InChI is InChI=1S/C16H12O2.C8H7BrO2.C8H6.C6H5BrO.C2H3ClO/c1-13(17)18-16-11-9-15(10-12-16)8-7-14-5-3-2-4-6-14;1-6(10)11-8-4-2-7(9)3-5-8;1-2-8-6-4-3-5-7-8;7-5-1-3-6(8)4-2-5;1-2(3)4/h2-6,9-12H,1H3;2-5H,1H3;1,3-7H;1-4,8H;1H3. The average molecular weight is 805 g/mol. The zero-order valence-electron chi connectivity index (χ0n) is 26.9. The topological polar surface area (TPSA) is 89.9 Å². The molecule has 0 atom stereocenters. The number of carbonyl (C=O) groups excluding carboxylic acids is 3. The third-order valence-corrected chi connectivity index (χ3v) is 6.14. The third-order valence-electron chi connectivity index (χ3n) is 5.08. The average Bonchev–Trinajstić information content (AvgIpc) is 3.08. The van der Waals surface area contributed by atoms with Gasteiger partial charge in [-0.1, -0.05) is 86.0 Å². The number of carbonyl (C=O) groups is 3. The molecule has 250 valence electrons. The fourth-order valence-corrected chi connectivity index (χ4v) is 3.61. The summed E-state index contributed by atoms with van der Waals surface area (Å²) in [5, 5.41) is 8.37. The lowest BCUT2D eigenvalue weighted by Gasteiger charge is -1.99. The van der Waals surface area contributed by atoms with E-state index in [1.807, 2.05) is 84.9 Å². The molecular formula is C40H33Br2ClO6. The lowest BCUT2D eigenvalue weighted by Crippen LogP contribution is -2.00. The van der Waals surface area contributed by atoms with Gasteiger partial charge in [0.05, 0.1) is 0 Å². The predicted molar refractivity (Wildman–Crippen MR) is 202 cm³/mol. The second kappa shape index (κ2) is 25.0. The first-order valence-electron chi connectivity index (χ1n) is 14.3. The molecule has 9 heteroatoms. The van der Waals surface area contributed by atoms with Crippen molar-refractivity contribution in [3.05, 3.63) is 159 Å². The summed E-state index contributed by atoms with van der Waals surface area (Å²) in [6.07, 6.45) is 5.10. The Hall–Kier alpha value is -5.12. The maximum atomic E-state index is 10.8. The first-order valence-corrected chi connectivity index (χ1v) is 16.3. The lowest BCUT2D eigenvalue weighted by molar-refractivity contribution is -0.132. The second-order valence-corrected chi connectivity index (χ2v) is 11.6. The van der Waals surface area contributed by atoms with Gasteiger partial charge in [-0.3, -0.25) is 14.4 Å². The van der Waals surface area contributed by atoms with Gasteiger partial charge >= 0.3 is 11.9 Å². The van der Waals surface area contributed by atoms with Gasteiger partial charge in [-0.15, -0.1) is 6.42 Å². The molecule has 0 heterocycles. The largest absolute Gasteiger partial charge is 0.508 e. The Morgan fingerprint density at radius 1 is 0.571 bits per heavy atom. The summed E-state index contributed by atoms with van der Waals surface area (Å²) >= 11 is 11.1. The number of esters is 2. The Morgan fingerprint density at radius 2 is 0.898 bits per heavy atom. The summed E-state index contributed by atoms with van der Waals surface area (Å²) in [6.45, 7) is 4.05. The van der Waals surface area contributed by atoms with E-state index >= 15 is 0 Å². The molecule has 5 rings (SSSR count). The quantitative estimate of drug-likeness (QED) is 0.0828. The minimum absolute atomic E-state index is 0.299. The normalized spacial score (nSPS) is 8.76. The van der Waals surface area contributed by atoms with Gasteiger partial charge in [0.1, 0.15) is 17.2 Å². The number of hydrogen-bond donors (Lipinski definition) is 1. The number of phenols is 1. The molecule has 5 aromatic carbocycles. The number of aromatic hydroxyl groups is 1. The van der Waals surface area contributed by atoms with E-state index in [2.05, 4.69) is 61.2 Å². The maximum Gasteiger partial charge on any atom is 0.308 e. The number of benzene rings is 5. The van der Waals surface area contributed by atoms with Crippen LogP contribution in [0.4, 0.5) is 0 Å². The van der Waals surface area contributed by atoms with Crippen LogP contribution in [0.25, 0.3) is 0 Å². The first-order chi connectivity index (χ1) is 23.4. The van der Waals surface area contributed by atoms with Crippen molar-refractivity contribution in [3.63, 3.8) is 0 Å². The fourth-order valence-electron chi connectivity index (χ4n) is 3.08. The van der Waals surface area contributed by atoms with Crippen LogP contribution in [0.15, 0.2) is 142 Å². The van der Waals surface area contributed by atoms with Crippen molar-refractivity contribution in [2.24, 2.45) is 0 Å². The van der Waals surface area contributed by atoms with E-state index in [9.17, 15) is 14.4 Å². The van der Waals surface area contributed by atoms with Crippen molar-refractivity contribution >= 4 is 60.6 Å². The van der Waals surface area contributed by atoms with Crippen LogP contribution in [-0.2, 0) is 14.4 Å². The Morgan fingerprint density at radius 3 is 1.22 bits per heavy atom. The molecule has 0 bridgehead atoms. The number of rotatable bonds is 2. The smallest absolute Gasteiger partial charge is 0.308 e. The highest BCUT2D eigenvalue weighted by atomic mass is 79.9. The highest BCUT2D eigenvalue weighted by molar-refractivity contribution is 9.10. The molecule has 49 heavy (non-hydrogen) atoms. The van der Waals surface area contributed by atoms with Crippen molar-refractivity contribution < 1.29 is 29.0 Å². The number of phenolic OH excluding ortho intramolecular Hbond substituents is 1. The predicted octanol–water partition coefficient (Wildman–Crippen LogP) is 9.98. The number of hydrogen-bond acceptors (Lipinski definition) is 6. The molecule has 0 unspecified atom stereocenters. The van der Waals surface area contributed by atoms with E-state index in [1.165, 1.54) is 20.8 Å². The molecule has 0 saturated heterocycles. The molecule has 0 amide bonds. The minimum atomic E-state index is -0.361. The van der Waals surface area contributed by atoms with Crippen molar-refractivity contribution in [3.8, 4) is 41.4 Å². The van der Waals surface area contributed by atoms with Gasteiger partial charge < -0.3 is 14.6 Å². The molecule has 0 fully saturated rings. The minimum Gasteiger partial charge on any atom is -0.508 e. The highest BCUT2D eigenvalue weighted by Gasteiger charge is 1.97. The van der Waals surface area contributed by atoms with E-state index in [-0.39, 0.29) is 17.2 Å². The Bertz CT molecular complexity index is 1780.